The first-order chi connectivity index (χ1) is 8.29. The Morgan fingerprint density at radius 1 is 1.00 bits per heavy atom. The standard InChI is InChI=1S/C14H13NO2.ClH/c1-17-13-9-7-11(8-10-13)14(16)15-12-5-3-2-4-6-12;/h2-10H,1H3,(H,15,16);1H. The molecule has 1 amide bonds. The molecule has 0 fully saturated rings. The zero-order chi connectivity index (χ0) is 12.1. The number of hydrogen-bond donors (Lipinski definition) is 1. The molecule has 94 valence electrons. The molecule has 0 radical (unpaired) electrons. The summed E-state index contributed by atoms with van der Waals surface area (Å²) < 4.78 is 5.04. The van der Waals surface area contributed by atoms with Gasteiger partial charge in [0.25, 0.3) is 5.91 Å². The van der Waals surface area contributed by atoms with Crippen molar-refractivity contribution in [1.82, 2.24) is 0 Å². The number of carbonyl (C=O) groups excluding carboxylic acids is 1. The largest absolute Gasteiger partial charge is 0.497 e. The lowest BCUT2D eigenvalue weighted by Crippen LogP contribution is -2.11. The van der Waals surface area contributed by atoms with E-state index >= 15 is 0 Å². The number of amides is 1. The van der Waals surface area contributed by atoms with Gasteiger partial charge in [0.1, 0.15) is 5.75 Å². The van der Waals surface area contributed by atoms with Crippen LogP contribution in [-0.4, -0.2) is 13.0 Å². The van der Waals surface area contributed by atoms with Crippen molar-refractivity contribution in [3.05, 3.63) is 60.2 Å². The van der Waals surface area contributed by atoms with Crippen molar-refractivity contribution in [2.75, 3.05) is 12.4 Å². The highest BCUT2D eigenvalue weighted by Crippen LogP contribution is 2.13. The Labute approximate surface area is 112 Å². The SMILES string of the molecule is COc1ccc(C(=O)Nc2ccccc2)cc1.Cl. The Balaban J connectivity index is 0.00000162. The Bertz CT molecular complexity index is 497. The van der Waals surface area contributed by atoms with Crippen LogP contribution in [0.3, 0.4) is 0 Å². The number of carbonyl (C=O) groups is 1. The number of methoxy groups -OCH3 is 1. The highest BCUT2D eigenvalue weighted by Gasteiger charge is 2.05. The van der Waals surface area contributed by atoms with Crippen LogP contribution < -0.4 is 10.1 Å². The molecule has 2 aromatic rings. The molecule has 18 heavy (non-hydrogen) atoms. The molecule has 4 heteroatoms. The van der Waals surface area contributed by atoms with Crippen LogP contribution >= 0.6 is 12.4 Å². The van der Waals surface area contributed by atoms with E-state index in [0.29, 0.717) is 5.56 Å². The van der Waals surface area contributed by atoms with E-state index in [2.05, 4.69) is 5.32 Å². The fourth-order valence-electron chi connectivity index (χ4n) is 1.47. The number of hydrogen-bond acceptors (Lipinski definition) is 2. The molecule has 0 atom stereocenters. The van der Waals surface area contributed by atoms with Crippen LogP contribution in [0, 0.1) is 0 Å². The van der Waals surface area contributed by atoms with Crippen molar-refractivity contribution in [3.63, 3.8) is 0 Å². The molecule has 0 aliphatic rings. The summed E-state index contributed by atoms with van der Waals surface area (Å²) in [6.07, 6.45) is 0. The maximum atomic E-state index is 11.9. The lowest BCUT2D eigenvalue weighted by Gasteiger charge is -2.05. The molecule has 3 nitrogen and oxygen atoms in total. The van der Waals surface area contributed by atoms with E-state index in [1.165, 1.54) is 0 Å². The average Bonchev–Trinajstić information content (AvgIpc) is 2.40. The number of rotatable bonds is 3. The maximum Gasteiger partial charge on any atom is 0.255 e. The van der Waals surface area contributed by atoms with Gasteiger partial charge in [-0.1, -0.05) is 18.2 Å². The number of nitrogens with one attached hydrogen (secondary N) is 1. The Kier molecular flexibility index (Phi) is 5.21. The van der Waals surface area contributed by atoms with Crippen molar-refractivity contribution >= 4 is 24.0 Å². The lowest BCUT2D eigenvalue weighted by molar-refractivity contribution is 0.102. The third-order valence-corrected chi connectivity index (χ3v) is 2.38. The summed E-state index contributed by atoms with van der Waals surface area (Å²) in [5.41, 5.74) is 1.39. The first kappa shape index (κ1) is 14.1. The smallest absolute Gasteiger partial charge is 0.255 e. The zero-order valence-electron chi connectivity index (χ0n) is 9.92. The highest BCUT2D eigenvalue weighted by atomic mass is 35.5. The third-order valence-electron chi connectivity index (χ3n) is 2.38. The Hall–Kier alpha value is -2.00. The Morgan fingerprint density at radius 2 is 1.61 bits per heavy atom. The molecule has 0 bridgehead atoms. The summed E-state index contributed by atoms with van der Waals surface area (Å²) in [7, 11) is 1.60. The molecular formula is C14H14ClNO2. The van der Waals surface area contributed by atoms with Crippen LogP contribution in [0.2, 0.25) is 0 Å². The zero-order valence-corrected chi connectivity index (χ0v) is 10.7. The minimum Gasteiger partial charge on any atom is -0.497 e. The van der Waals surface area contributed by atoms with Crippen molar-refractivity contribution in [3.8, 4) is 5.75 Å². The molecule has 2 rings (SSSR count). The van der Waals surface area contributed by atoms with Crippen LogP contribution in [0.1, 0.15) is 10.4 Å². The molecule has 0 saturated carbocycles. The first-order valence-electron chi connectivity index (χ1n) is 5.30. The van der Waals surface area contributed by atoms with Gasteiger partial charge >= 0.3 is 0 Å². The molecule has 0 spiro atoms. The van der Waals surface area contributed by atoms with E-state index in [-0.39, 0.29) is 18.3 Å². The predicted molar refractivity (Wildman–Crippen MR) is 74.6 cm³/mol. The summed E-state index contributed by atoms with van der Waals surface area (Å²) >= 11 is 0. The number of ether oxygens (including phenoxy) is 1. The second-order valence-electron chi connectivity index (χ2n) is 3.55. The van der Waals surface area contributed by atoms with Gasteiger partial charge in [-0.25, -0.2) is 0 Å². The van der Waals surface area contributed by atoms with E-state index in [1.807, 2.05) is 30.3 Å². The molecule has 0 aromatic heterocycles. The van der Waals surface area contributed by atoms with Crippen LogP contribution in [0.4, 0.5) is 5.69 Å². The third kappa shape index (κ3) is 3.50. The molecular weight excluding hydrogens is 250 g/mol. The van der Waals surface area contributed by atoms with Crippen molar-refractivity contribution < 1.29 is 9.53 Å². The van der Waals surface area contributed by atoms with Crippen LogP contribution in [-0.2, 0) is 0 Å². The summed E-state index contributed by atoms with van der Waals surface area (Å²) in [5, 5.41) is 2.82. The molecule has 0 heterocycles. The van der Waals surface area contributed by atoms with Crippen LogP contribution in [0.25, 0.3) is 0 Å². The van der Waals surface area contributed by atoms with Gasteiger partial charge in [-0.3, -0.25) is 4.79 Å². The minimum atomic E-state index is -0.126. The van der Waals surface area contributed by atoms with Gasteiger partial charge in [0.05, 0.1) is 7.11 Å². The van der Waals surface area contributed by atoms with Gasteiger partial charge in [-0.2, -0.15) is 0 Å². The molecule has 2 aromatic carbocycles. The quantitative estimate of drug-likeness (QED) is 0.922. The summed E-state index contributed by atoms with van der Waals surface area (Å²) in [5.74, 6) is 0.611. The van der Waals surface area contributed by atoms with Gasteiger partial charge in [0, 0.05) is 11.3 Å². The van der Waals surface area contributed by atoms with E-state index in [4.69, 9.17) is 4.74 Å². The van der Waals surface area contributed by atoms with Crippen LogP contribution in [0.5, 0.6) is 5.75 Å². The normalized spacial score (nSPS) is 9.17. The second kappa shape index (κ2) is 6.67. The predicted octanol–water partition coefficient (Wildman–Crippen LogP) is 3.37. The van der Waals surface area contributed by atoms with Crippen LogP contribution in [0.15, 0.2) is 54.6 Å². The van der Waals surface area contributed by atoms with Gasteiger partial charge in [-0.15, -0.1) is 12.4 Å². The van der Waals surface area contributed by atoms with Crippen molar-refractivity contribution in [2.24, 2.45) is 0 Å². The number of halogens is 1. The van der Waals surface area contributed by atoms with Gasteiger partial charge < -0.3 is 10.1 Å². The number of para-hydroxylation sites is 1. The van der Waals surface area contributed by atoms with Crippen molar-refractivity contribution in [2.45, 2.75) is 0 Å². The highest BCUT2D eigenvalue weighted by molar-refractivity contribution is 6.04. The number of benzene rings is 2. The van der Waals surface area contributed by atoms with Gasteiger partial charge in [0.15, 0.2) is 0 Å². The Morgan fingerprint density at radius 3 is 2.17 bits per heavy atom. The monoisotopic (exact) mass is 263 g/mol. The van der Waals surface area contributed by atoms with Crippen molar-refractivity contribution in [1.29, 1.82) is 0 Å². The molecule has 0 aliphatic carbocycles. The fourth-order valence-corrected chi connectivity index (χ4v) is 1.47. The first-order valence-corrected chi connectivity index (χ1v) is 5.30. The summed E-state index contributed by atoms with van der Waals surface area (Å²) in [4.78, 5) is 11.9. The second-order valence-corrected chi connectivity index (χ2v) is 3.55. The van der Waals surface area contributed by atoms with E-state index in [1.54, 1.807) is 31.4 Å². The van der Waals surface area contributed by atoms with E-state index in [0.717, 1.165) is 11.4 Å². The number of anilines is 1. The fraction of sp³-hybridized carbons (Fsp3) is 0.0714. The van der Waals surface area contributed by atoms with Gasteiger partial charge in [0.2, 0.25) is 0 Å². The maximum absolute atomic E-state index is 11.9. The summed E-state index contributed by atoms with van der Waals surface area (Å²) in [6, 6.07) is 16.4. The molecule has 0 unspecified atom stereocenters. The molecule has 0 aliphatic heterocycles. The van der Waals surface area contributed by atoms with Gasteiger partial charge in [-0.05, 0) is 36.4 Å². The average molecular weight is 264 g/mol. The summed E-state index contributed by atoms with van der Waals surface area (Å²) in [6.45, 7) is 0. The molecule has 0 saturated heterocycles. The van der Waals surface area contributed by atoms with E-state index < -0.39 is 0 Å². The minimum absolute atomic E-state index is 0. The lowest BCUT2D eigenvalue weighted by atomic mass is 10.2. The molecule has 1 N–H and O–H groups in total. The topological polar surface area (TPSA) is 38.3 Å². The van der Waals surface area contributed by atoms with E-state index in [9.17, 15) is 4.79 Å².